The summed E-state index contributed by atoms with van der Waals surface area (Å²) in [6, 6.07) is 7.56. The van der Waals surface area contributed by atoms with Crippen LogP contribution < -0.4 is 0 Å². The third-order valence-electron chi connectivity index (χ3n) is 2.93. The van der Waals surface area contributed by atoms with Gasteiger partial charge in [0.25, 0.3) is 0 Å². The lowest BCUT2D eigenvalue weighted by atomic mass is 9.99. The highest BCUT2D eigenvalue weighted by Crippen LogP contribution is 2.31. The van der Waals surface area contributed by atoms with Gasteiger partial charge >= 0.3 is 6.18 Å². The van der Waals surface area contributed by atoms with Crippen LogP contribution in [0.15, 0.2) is 24.3 Å². The molecule has 1 aromatic carbocycles. The number of hydrogen-bond acceptors (Lipinski definition) is 1. The predicted octanol–water partition coefficient (Wildman–Crippen LogP) is 2.92. The van der Waals surface area contributed by atoms with E-state index in [1.807, 2.05) is 24.3 Å². The highest BCUT2D eigenvalue weighted by Gasteiger charge is 2.39. The fourth-order valence-electron chi connectivity index (χ4n) is 2.17. The maximum Gasteiger partial charge on any atom is 0.449 e. The largest absolute Gasteiger partial charge is 0.449 e. The number of Topliss-reactive ketones (excluding diaryl/α,β-unsaturated/α-hetero) is 1. The maximum absolute atomic E-state index is 12.1. The summed E-state index contributed by atoms with van der Waals surface area (Å²) in [5, 5.41) is 0. The quantitative estimate of drug-likeness (QED) is 0.760. The zero-order valence-electron chi connectivity index (χ0n) is 8.55. The van der Waals surface area contributed by atoms with Crippen molar-refractivity contribution >= 4 is 5.78 Å². The Hall–Kier alpha value is -1.32. The Balaban J connectivity index is 2.00. The molecule has 0 amide bonds. The van der Waals surface area contributed by atoms with E-state index in [0.29, 0.717) is 12.8 Å². The van der Waals surface area contributed by atoms with Crippen molar-refractivity contribution in [2.45, 2.75) is 25.4 Å². The van der Waals surface area contributed by atoms with Crippen LogP contribution in [0.2, 0.25) is 0 Å². The SMILES string of the molecule is O=C(CC1Cc2ccccc2C1)C(F)(F)F. The van der Waals surface area contributed by atoms with E-state index in [-0.39, 0.29) is 5.92 Å². The number of benzene rings is 1. The Labute approximate surface area is 91.3 Å². The lowest BCUT2D eigenvalue weighted by Crippen LogP contribution is -2.25. The average Bonchev–Trinajstić information content (AvgIpc) is 2.58. The zero-order chi connectivity index (χ0) is 11.8. The normalized spacial score (nSPS) is 16.2. The van der Waals surface area contributed by atoms with E-state index in [1.54, 1.807) is 0 Å². The summed E-state index contributed by atoms with van der Waals surface area (Å²) in [5.41, 5.74) is 2.14. The summed E-state index contributed by atoms with van der Waals surface area (Å²) < 4.78 is 36.2. The summed E-state index contributed by atoms with van der Waals surface area (Å²) in [6.07, 6.45) is -3.91. The van der Waals surface area contributed by atoms with Crippen LogP contribution in [0.25, 0.3) is 0 Å². The van der Waals surface area contributed by atoms with Gasteiger partial charge in [0.2, 0.25) is 5.78 Å². The lowest BCUT2D eigenvalue weighted by molar-refractivity contribution is -0.172. The molecule has 1 nitrogen and oxygen atoms in total. The number of fused-ring (bicyclic) bond motifs is 1. The van der Waals surface area contributed by atoms with Crippen LogP contribution in [-0.4, -0.2) is 12.0 Å². The van der Waals surface area contributed by atoms with E-state index >= 15 is 0 Å². The van der Waals surface area contributed by atoms with E-state index in [0.717, 1.165) is 11.1 Å². The van der Waals surface area contributed by atoms with Crippen LogP contribution in [0, 0.1) is 5.92 Å². The minimum Gasteiger partial charge on any atom is -0.290 e. The zero-order valence-corrected chi connectivity index (χ0v) is 8.55. The first-order valence-electron chi connectivity index (χ1n) is 5.13. The van der Waals surface area contributed by atoms with E-state index in [1.165, 1.54) is 0 Å². The molecule has 0 heterocycles. The summed E-state index contributed by atoms with van der Waals surface area (Å²) in [5.74, 6) is -1.79. The number of halogens is 3. The number of carbonyl (C=O) groups is 1. The van der Waals surface area contributed by atoms with Gasteiger partial charge in [0.15, 0.2) is 0 Å². The molecular formula is C12H11F3O. The minimum absolute atomic E-state index is 0.188. The first kappa shape index (κ1) is 11.2. The highest BCUT2D eigenvalue weighted by atomic mass is 19.4. The van der Waals surface area contributed by atoms with Gasteiger partial charge in [-0.3, -0.25) is 4.79 Å². The van der Waals surface area contributed by atoms with Gasteiger partial charge in [-0.2, -0.15) is 13.2 Å². The summed E-state index contributed by atoms with van der Waals surface area (Å²) in [6.45, 7) is 0. The molecule has 0 N–H and O–H groups in total. The van der Waals surface area contributed by atoms with Crippen molar-refractivity contribution in [1.29, 1.82) is 0 Å². The topological polar surface area (TPSA) is 17.1 Å². The molecule has 1 aliphatic rings. The minimum atomic E-state index is -4.69. The summed E-state index contributed by atoms with van der Waals surface area (Å²) in [4.78, 5) is 10.8. The third-order valence-corrected chi connectivity index (χ3v) is 2.93. The van der Waals surface area contributed by atoms with Crippen molar-refractivity contribution in [2.75, 3.05) is 0 Å². The molecule has 16 heavy (non-hydrogen) atoms. The molecule has 4 heteroatoms. The maximum atomic E-state index is 12.1. The monoisotopic (exact) mass is 228 g/mol. The summed E-state index contributed by atoms with van der Waals surface area (Å²) in [7, 11) is 0. The van der Waals surface area contributed by atoms with Crippen molar-refractivity contribution in [3.05, 3.63) is 35.4 Å². The van der Waals surface area contributed by atoms with E-state index in [2.05, 4.69) is 0 Å². The molecule has 0 saturated carbocycles. The van der Waals surface area contributed by atoms with Crippen molar-refractivity contribution in [1.82, 2.24) is 0 Å². The van der Waals surface area contributed by atoms with Gasteiger partial charge in [0.1, 0.15) is 0 Å². The molecule has 1 aliphatic carbocycles. The Morgan fingerprint density at radius 2 is 1.69 bits per heavy atom. The molecule has 0 radical (unpaired) electrons. The second-order valence-corrected chi connectivity index (χ2v) is 4.17. The molecule has 0 spiro atoms. The number of alkyl halides is 3. The number of hydrogen-bond donors (Lipinski definition) is 0. The molecular weight excluding hydrogens is 217 g/mol. The van der Waals surface area contributed by atoms with Crippen molar-refractivity contribution in [2.24, 2.45) is 5.92 Å². The van der Waals surface area contributed by atoms with Gasteiger partial charge in [-0.15, -0.1) is 0 Å². The molecule has 86 valence electrons. The number of carbonyl (C=O) groups excluding carboxylic acids is 1. The van der Waals surface area contributed by atoms with Crippen LogP contribution >= 0.6 is 0 Å². The second-order valence-electron chi connectivity index (χ2n) is 4.17. The Morgan fingerprint density at radius 3 is 2.12 bits per heavy atom. The standard InChI is InChI=1S/C12H11F3O/c13-12(14,15)11(16)7-8-5-9-3-1-2-4-10(9)6-8/h1-4,8H,5-7H2. The highest BCUT2D eigenvalue weighted by molar-refractivity contribution is 5.84. The number of rotatable bonds is 2. The fourth-order valence-corrected chi connectivity index (χ4v) is 2.17. The van der Waals surface area contributed by atoms with Gasteiger partial charge < -0.3 is 0 Å². The predicted molar refractivity (Wildman–Crippen MR) is 53.0 cm³/mol. The van der Waals surface area contributed by atoms with Crippen LogP contribution in [0.4, 0.5) is 13.2 Å². The van der Waals surface area contributed by atoms with E-state index in [9.17, 15) is 18.0 Å². The van der Waals surface area contributed by atoms with Crippen LogP contribution in [0.3, 0.4) is 0 Å². The van der Waals surface area contributed by atoms with Crippen molar-refractivity contribution in [3.63, 3.8) is 0 Å². The van der Waals surface area contributed by atoms with Gasteiger partial charge in [0.05, 0.1) is 0 Å². The Morgan fingerprint density at radius 1 is 1.19 bits per heavy atom. The molecule has 0 bridgehead atoms. The Kier molecular flexibility index (Phi) is 2.74. The van der Waals surface area contributed by atoms with Crippen LogP contribution in [0.5, 0.6) is 0 Å². The van der Waals surface area contributed by atoms with Crippen LogP contribution in [0.1, 0.15) is 17.5 Å². The molecule has 0 fully saturated rings. The van der Waals surface area contributed by atoms with Gasteiger partial charge in [-0.05, 0) is 29.9 Å². The first-order valence-corrected chi connectivity index (χ1v) is 5.13. The second kappa shape index (κ2) is 3.92. The van der Waals surface area contributed by atoms with Crippen molar-refractivity contribution < 1.29 is 18.0 Å². The molecule has 0 unspecified atom stereocenters. The smallest absolute Gasteiger partial charge is 0.290 e. The molecule has 0 aromatic heterocycles. The van der Waals surface area contributed by atoms with Crippen LogP contribution in [-0.2, 0) is 17.6 Å². The van der Waals surface area contributed by atoms with Crippen molar-refractivity contribution in [3.8, 4) is 0 Å². The molecule has 0 saturated heterocycles. The average molecular weight is 228 g/mol. The summed E-state index contributed by atoms with van der Waals surface area (Å²) >= 11 is 0. The molecule has 2 rings (SSSR count). The first-order chi connectivity index (χ1) is 7.47. The Bertz CT molecular complexity index is 384. The fraction of sp³-hybridized carbons (Fsp3) is 0.417. The van der Waals surface area contributed by atoms with Gasteiger partial charge in [0, 0.05) is 6.42 Å². The molecule has 0 aliphatic heterocycles. The van der Waals surface area contributed by atoms with Gasteiger partial charge in [-0.1, -0.05) is 24.3 Å². The van der Waals surface area contributed by atoms with E-state index < -0.39 is 18.4 Å². The molecule has 1 aromatic rings. The third kappa shape index (κ3) is 2.26. The van der Waals surface area contributed by atoms with Gasteiger partial charge in [-0.25, -0.2) is 0 Å². The molecule has 0 atom stereocenters. The number of ketones is 1. The van der Waals surface area contributed by atoms with E-state index in [4.69, 9.17) is 0 Å². The lowest BCUT2D eigenvalue weighted by Gasteiger charge is -2.09.